The molecular weight excluding hydrogens is 374 g/mol. The number of aryl methyl sites for hydroxylation is 1. The number of aromatic nitrogens is 1. The molecule has 4 aliphatic carbocycles. The van der Waals surface area contributed by atoms with Crippen molar-refractivity contribution >= 4 is 11.3 Å². The van der Waals surface area contributed by atoms with Crippen molar-refractivity contribution in [1.29, 1.82) is 0 Å². The summed E-state index contributed by atoms with van der Waals surface area (Å²) in [6.45, 7) is 7.75. The Kier molecular flexibility index (Phi) is 5.22. The molecule has 3 fully saturated rings. The van der Waals surface area contributed by atoms with Crippen LogP contribution in [0.2, 0.25) is 0 Å². The molecule has 4 aliphatic rings. The lowest BCUT2D eigenvalue weighted by Gasteiger charge is -2.58. The average molecular weight is 414 g/mol. The third kappa shape index (κ3) is 3.26. The fourth-order valence-electron chi connectivity index (χ4n) is 8.55. The lowest BCUT2D eigenvalue weighted by Crippen LogP contribution is -2.50. The highest BCUT2D eigenvalue weighted by Gasteiger charge is 2.59. The van der Waals surface area contributed by atoms with Gasteiger partial charge in [-0.1, -0.05) is 32.4 Å². The fraction of sp³-hybridized carbons (Fsp3) is 0.808. The Balaban J connectivity index is 1.33. The van der Waals surface area contributed by atoms with Gasteiger partial charge in [0.1, 0.15) is 0 Å². The van der Waals surface area contributed by atoms with E-state index in [0.29, 0.717) is 10.8 Å². The van der Waals surface area contributed by atoms with E-state index in [-0.39, 0.29) is 6.10 Å². The first-order valence-corrected chi connectivity index (χ1v) is 13.0. The molecule has 1 heterocycles. The summed E-state index contributed by atoms with van der Waals surface area (Å²) >= 11 is 1.82. The first-order chi connectivity index (χ1) is 13.9. The molecule has 1 aromatic heterocycles. The number of hydrogen-bond acceptors (Lipinski definition) is 3. The first-order valence-electron chi connectivity index (χ1n) is 12.2. The fourth-order valence-corrected chi connectivity index (χ4v) is 9.17. The molecule has 0 bridgehead atoms. The predicted octanol–water partition coefficient (Wildman–Crippen LogP) is 6.65. The van der Waals surface area contributed by atoms with Gasteiger partial charge < -0.3 is 5.11 Å². The highest BCUT2D eigenvalue weighted by Crippen LogP contribution is 2.67. The highest BCUT2D eigenvalue weighted by molar-refractivity contribution is 7.09. The van der Waals surface area contributed by atoms with Crippen LogP contribution in [0.3, 0.4) is 0 Å². The third-order valence-electron chi connectivity index (χ3n) is 10.2. The second-order valence-corrected chi connectivity index (χ2v) is 12.3. The summed E-state index contributed by atoms with van der Waals surface area (Å²) in [5.41, 5.74) is 4.50. The average Bonchev–Trinajstić information content (AvgIpc) is 3.34. The van der Waals surface area contributed by atoms with Gasteiger partial charge in [0.05, 0.1) is 11.6 Å². The van der Waals surface area contributed by atoms with E-state index in [4.69, 9.17) is 0 Å². The van der Waals surface area contributed by atoms with Gasteiger partial charge in [-0.15, -0.1) is 11.3 Å². The Morgan fingerprint density at radius 3 is 2.83 bits per heavy atom. The second-order valence-electron chi connectivity index (χ2n) is 11.4. The number of rotatable bonds is 4. The minimum absolute atomic E-state index is 0.0880. The van der Waals surface area contributed by atoms with Crippen LogP contribution in [0.1, 0.15) is 83.4 Å². The van der Waals surface area contributed by atoms with E-state index < -0.39 is 0 Å². The number of aliphatic hydroxyl groups is 1. The van der Waals surface area contributed by atoms with Crippen molar-refractivity contribution in [1.82, 2.24) is 4.98 Å². The Labute approximate surface area is 181 Å². The van der Waals surface area contributed by atoms with Gasteiger partial charge in [0.2, 0.25) is 0 Å². The molecule has 1 N–H and O–H groups in total. The van der Waals surface area contributed by atoms with E-state index in [2.05, 4.69) is 38.0 Å². The van der Waals surface area contributed by atoms with Crippen LogP contribution in [0.25, 0.3) is 0 Å². The van der Waals surface area contributed by atoms with Crippen LogP contribution in [-0.4, -0.2) is 16.2 Å². The zero-order chi connectivity index (χ0) is 20.2. The molecule has 1 aromatic rings. The molecule has 0 saturated heterocycles. The molecule has 3 heteroatoms. The minimum Gasteiger partial charge on any atom is -0.393 e. The molecule has 5 rings (SSSR count). The van der Waals surface area contributed by atoms with Crippen molar-refractivity contribution in [2.45, 2.75) is 91.1 Å². The van der Waals surface area contributed by atoms with E-state index >= 15 is 0 Å². The van der Waals surface area contributed by atoms with Crippen molar-refractivity contribution < 1.29 is 5.11 Å². The maximum Gasteiger partial charge on any atom is 0.0794 e. The summed E-state index contributed by atoms with van der Waals surface area (Å²) in [4.78, 5) is 5.72. The van der Waals surface area contributed by atoms with Gasteiger partial charge in [0.25, 0.3) is 0 Å². The predicted molar refractivity (Wildman–Crippen MR) is 121 cm³/mol. The number of thiazole rings is 1. The topological polar surface area (TPSA) is 33.1 Å². The second kappa shape index (κ2) is 7.48. The van der Waals surface area contributed by atoms with E-state index in [1.165, 1.54) is 56.2 Å². The maximum absolute atomic E-state index is 10.2. The molecule has 29 heavy (non-hydrogen) atoms. The van der Waals surface area contributed by atoms with E-state index in [1.54, 1.807) is 5.57 Å². The molecule has 0 spiro atoms. The van der Waals surface area contributed by atoms with E-state index in [0.717, 1.165) is 42.4 Å². The lowest BCUT2D eigenvalue weighted by molar-refractivity contribution is -0.0571. The Morgan fingerprint density at radius 2 is 2.03 bits per heavy atom. The van der Waals surface area contributed by atoms with Gasteiger partial charge in [-0.05, 0) is 105 Å². The molecule has 0 aromatic carbocycles. The summed E-state index contributed by atoms with van der Waals surface area (Å²) in [7, 11) is 0. The molecule has 0 aliphatic heterocycles. The standard InChI is InChI=1S/C26H39NOS/c1-17(4-6-20-15-27-16-29-20)22-8-9-23-21-7-5-18-14-19(28)10-12-25(18,2)24(21)11-13-26(22,23)3/h5,15-17,19,21-24,28H,4,6-14H2,1-3H3/t17?,19-,21-,22+,23-,24-,25-,26+/m0/s1. The van der Waals surface area contributed by atoms with Gasteiger partial charge in [-0.25, -0.2) is 0 Å². The molecule has 160 valence electrons. The van der Waals surface area contributed by atoms with Crippen molar-refractivity contribution in [2.24, 2.45) is 40.4 Å². The Morgan fingerprint density at radius 1 is 1.17 bits per heavy atom. The van der Waals surface area contributed by atoms with Crippen molar-refractivity contribution in [3.8, 4) is 0 Å². The van der Waals surface area contributed by atoms with Gasteiger partial charge in [0.15, 0.2) is 0 Å². The quantitative estimate of drug-likeness (QED) is 0.560. The van der Waals surface area contributed by atoms with Gasteiger partial charge in [-0.2, -0.15) is 0 Å². The third-order valence-corrected chi connectivity index (χ3v) is 11.0. The van der Waals surface area contributed by atoms with Crippen LogP contribution < -0.4 is 0 Å². The first kappa shape index (κ1) is 20.2. The summed E-state index contributed by atoms with van der Waals surface area (Å²) in [6.07, 6.45) is 17.3. The van der Waals surface area contributed by atoms with Crippen LogP contribution in [0.15, 0.2) is 23.4 Å². The molecular formula is C26H39NOS. The smallest absolute Gasteiger partial charge is 0.0794 e. The SMILES string of the molecule is CC(CCc1cncs1)[C@H]1CC[C@H]2[C@@H]3CC=C4C[C@@H](O)CC[C@]4(C)[C@H]3CC[C@]12C. The van der Waals surface area contributed by atoms with Crippen LogP contribution in [0.4, 0.5) is 0 Å². The summed E-state index contributed by atoms with van der Waals surface area (Å²) in [5, 5.41) is 10.2. The monoisotopic (exact) mass is 413 g/mol. The van der Waals surface area contributed by atoms with Crippen molar-refractivity contribution in [3.63, 3.8) is 0 Å². The van der Waals surface area contributed by atoms with Crippen molar-refractivity contribution in [2.75, 3.05) is 0 Å². The molecule has 1 unspecified atom stereocenters. The van der Waals surface area contributed by atoms with E-state index in [9.17, 15) is 5.11 Å². The van der Waals surface area contributed by atoms with Gasteiger partial charge >= 0.3 is 0 Å². The van der Waals surface area contributed by atoms with Crippen molar-refractivity contribution in [3.05, 3.63) is 28.2 Å². The molecule has 0 amide bonds. The van der Waals surface area contributed by atoms with Crippen LogP contribution in [0, 0.1) is 40.4 Å². The normalized spacial score (nSPS) is 45.1. The van der Waals surface area contributed by atoms with E-state index in [1.807, 2.05) is 16.8 Å². The summed E-state index contributed by atoms with van der Waals surface area (Å²) in [5.74, 6) is 4.38. The number of hydrogen-bond donors (Lipinski definition) is 1. The summed E-state index contributed by atoms with van der Waals surface area (Å²) in [6, 6.07) is 0. The number of fused-ring (bicyclic) bond motifs is 5. The zero-order valence-corrected chi connectivity index (χ0v) is 19.4. The van der Waals surface area contributed by atoms with Crippen LogP contribution in [0.5, 0.6) is 0 Å². The molecule has 3 saturated carbocycles. The largest absolute Gasteiger partial charge is 0.393 e. The number of allylic oxidation sites excluding steroid dienone is 1. The lowest BCUT2D eigenvalue weighted by atomic mass is 9.47. The molecule has 8 atom stereocenters. The number of aliphatic hydroxyl groups excluding tert-OH is 1. The molecule has 0 radical (unpaired) electrons. The van der Waals surface area contributed by atoms with Crippen LogP contribution in [-0.2, 0) is 6.42 Å². The highest BCUT2D eigenvalue weighted by atomic mass is 32.1. The van der Waals surface area contributed by atoms with Crippen LogP contribution >= 0.6 is 11.3 Å². The van der Waals surface area contributed by atoms with Gasteiger partial charge in [-0.3, -0.25) is 4.98 Å². The maximum atomic E-state index is 10.2. The Bertz CT molecular complexity index is 757. The van der Waals surface area contributed by atoms with Gasteiger partial charge in [0, 0.05) is 11.1 Å². The Hall–Kier alpha value is -0.670. The minimum atomic E-state index is -0.0880. The number of nitrogens with zero attached hydrogens (tertiary/aromatic N) is 1. The molecule has 2 nitrogen and oxygen atoms in total. The zero-order valence-electron chi connectivity index (χ0n) is 18.6. The summed E-state index contributed by atoms with van der Waals surface area (Å²) < 4.78 is 0.